The van der Waals surface area contributed by atoms with Crippen molar-refractivity contribution in [2.45, 2.75) is 86.3 Å². The van der Waals surface area contributed by atoms with E-state index in [1.54, 1.807) is 20.3 Å². The summed E-state index contributed by atoms with van der Waals surface area (Å²) in [6.45, 7) is 0.308. The van der Waals surface area contributed by atoms with Crippen LogP contribution in [0.15, 0.2) is 77.8 Å². The highest BCUT2D eigenvalue weighted by Gasteiger charge is 2.60. The minimum absolute atomic E-state index is 0.122. The average Bonchev–Trinajstić information content (AvgIpc) is 3.80. The van der Waals surface area contributed by atoms with Gasteiger partial charge >= 0.3 is 11.9 Å². The first-order valence-corrected chi connectivity index (χ1v) is 19.7. The van der Waals surface area contributed by atoms with Crippen molar-refractivity contribution in [3.63, 3.8) is 0 Å². The van der Waals surface area contributed by atoms with Gasteiger partial charge in [-0.3, -0.25) is 14.6 Å². The van der Waals surface area contributed by atoms with Gasteiger partial charge in [-0.2, -0.15) is 0 Å². The van der Waals surface area contributed by atoms with Crippen LogP contribution < -0.4 is 45.7 Å². The van der Waals surface area contributed by atoms with Crippen LogP contribution >= 0.6 is 0 Å². The number of rotatable bonds is 10. The maximum absolute atomic E-state index is 12.5. The Hall–Kier alpha value is -5.75. The van der Waals surface area contributed by atoms with E-state index >= 15 is 0 Å². The highest BCUT2D eigenvalue weighted by atomic mass is 16.7. The molecule has 60 heavy (non-hydrogen) atoms. The summed E-state index contributed by atoms with van der Waals surface area (Å²) in [6, 6.07) is 23.3. The Morgan fingerprint density at radius 1 is 0.967 bits per heavy atom. The summed E-state index contributed by atoms with van der Waals surface area (Å²) in [5, 5.41) is 46.2. The predicted octanol–water partition coefficient (Wildman–Crippen LogP) is 0.890. The summed E-state index contributed by atoms with van der Waals surface area (Å²) in [7, 11) is 3.13. The van der Waals surface area contributed by atoms with Gasteiger partial charge in [0.05, 0.1) is 38.2 Å². The topological polar surface area (TPSA) is 244 Å². The monoisotopic (exact) mass is 823 g/mol. The maximum atomic E-state index is 12.5. The minimum atomic E-state index is -2.22. The predicted molar refractivity (Wildman–Crippen MR) is 210 cm³/mol. The van der Waals surface area contributed by atoms with Gasteiger partial charge in [0.25, 0.3) is 0 Å². The Balaban J connectivity index is 1.21. The molecule has 1 fully saturated rings. The normalized spacial score (nSPS) is 27.5. The molecule has 4 aromatic carbocycles. The van der Waals surface area contributed by atoms with Crippen molar-refractivity contribution in [3.05, 3.63) is 111 Å². The van der Waals surface area contributed by atoms with E-state index in [0.29, 0.717) is 41.5 Å². The summed E-state index contributed by atoms with van der Waals surface area (Å²) < 4.78 is 43.7. The molecule has 0 aromatic heterocycles. The number of nitrogens with zero attached hydrogens (tertiary/aromatic N) is 1. The van der Waals surface area contributed by atoms with E-state index in [1.807, 2.05) is 66.7 Å². The van der Waals surface area contributed by atoms with Crippen LogP contribution in [0.1, 0.15) is 52.7 Å². The molecule has 0 spiro atoms. The van der Waals surface area contributed by atoms with Crippen LogP contribution in [0.25, 0.3) is 5.57 Å². The molecule has 5 aliphatic heterocycles. The van der Waals surface area contributed by atoms with Crippen molar-refractivity contribution in [1.82, 2.24) is 0 Å². The second-order valence-electron chi connectivity index (χ2n) is 15.7. The number of hydrogen-bond donors (Lipinski definition) is 6. The molecule has 1 saturated heterocycles. The molecule has 4 aromatic rings. The molecule has 5 aliphatic rings. The summed E-state index contributed by atoms with van der Waals surface area (Å²) in [6.07, 6.45) is -11.9. The second kappa shape index (κ2) is 15.4. The van der Waals surface area contributed by atoms with Gasteiger partial charge in [-0.1, -0.05) is 54.6 Å². The Kier molecular flexibility index (Phi) is 10.2. The smallest absolute Gasteiger partial charge is 0.317 e. The second-order valence-corrected chi connectivity index (χ2v) is 15.7. The zero-order valence-corrected chi connectivity index (χ0v) is 32.7. The van der Waals surface area contributed by atoms with E-state index in [1.165, 1.54) is 0 Å². The largest absolute Gasteiger partial charge is 0.493 e. The fraction of sp³-hybridized carbons (Fsp3) is 0.386. The van der Waals surface area contributed by atoms with Gasteiger partial charge in [-0.05, 0) is 41.7 Å². The van der Waals surface area contributed by atoms with Gasteiger partial charge in [-0.15, -0.1) is 0 Å². The number of nitrogens with two attached hydrogens (primary N) is 2. The van der Waals surface area contributed by atoms with E-state index in [2.05, 4.69) is 0 Å². The Labute approximate surface area is 343 Å². The average molecular weight is 824 g/mol. The van der Waals surface area contributed by atoms with Gasteiger partial charge in [-0.25, -0.2) is 0 Å². The zero-order chi connectivity index (χ0) is 42.0. The number of para-hydroxylation sites is 1. The van der Waals surface area contributed by atoms with Crippen LogP contribution in [0.4, 0.5) is 0 Å². The molecule has 16 heteroatoms. The van der Waals surface area contributed by atoms with Crippen LogP contribution in [-0.4, -0.2) is 102 Å². The third-order valence-electron chi connectivity index (χ3n) is 12.2. The van der Waals surface area contributed by atoms with E-state index in [0.717, 1.165) is 38.4 Å². The van der Waals surface area contributed by atoms with E-state index in [9.17, 15) is 24.9 Å². The molecule has 9 atom stereocenters. The van der Waals surface area contributed by atoms with Crippen LogP contribution in [0, 0.1) is 0 Å². The van der Waals surface area contributed by atoms with Crippen molar-refractivity contribution in [1.29, 1.82) is 0 Å². The first kappa shape index (κ1) is 39.7. The molecule has 0 saturated carbocycles. The number of carbonyl (C=O) groups is 2. The molecule has 314 valence electrons. The van der Waals surface area contributed by atoms with Gasteiger partial charge in [0.1, 0.15) is 48.4 Å². The standard InChI is InChI=1S/C44H45N3O13/c1-54-26-13-12-23-33-28(16-20-8-4-3-5-9-20)56-29-17-27-22(32(24-19-47-25-11-7-6-10-21(24)25)34(29)38(33)59-36(23)37(26)55-2)14-15-44(53)41(52)35(51)39(60-43(44)57-27)40(42(45)46)58-31(50)18-30(48)49/h3-13,17,28,33,35,38-43,51-53H,14-16,18-19,45-46H2,1-2H3,(H,48,49). The van der Waals surface area contributed by atoms with Crippen LogP contribution in [0.5, 0.6) is 28.7 Å². The lowest BCUT2D eigenvalue weighted by Crippen LogP contribution is -2.71. The zero-order valence-electron chi connectivity index (χ0n) is 32.7. The summed E-state index contributed by atoms with van der Waals surface area (Å²) in [5.74, 6) is -0.784. The third-order valence-corrected chi connectivity index (χ3v) is 12.2. The molecule has 0 amide bonds. The lowest BCUT2D eigenvalue weighted by molar-refractivity contribution is -0.329. The number of esters is 1. The van der Waals surface area contributed by atoms with Crippen LogP contribution in [-0.2, 0) is 31.9 Å². The molecule has 9 unspecified atom stereocenters. The highest BCUT2D eigenvalue weighted by Crippen LogP contribution is 2.61. The number of carboxylic acids is 1. The number of fused-ring (bicyclic) bond motifs is 8. The van der Waals surface area contributed by atoms with Crippen molar-refractivity contribution in [2.24, 2.45) is 16.5 Å². The van der Waals surface area contributed by atoms with Gasteiger partial charge in [0, 0.05) is 34.4 Å². The van der Waals surface area contributed by atoms with Crippen molar-refractivity contribution in [3.8, 4) is 28.7 Å². The summed E-state index contributed by atoms with van der Waals surface area (Å²) in [5.41, 5.74) is 14.6. The molecule has 0 aliphatic carbocycles. The SMILES string of the molecule is COc1ccc2c(c1OC)OC1c3c(cc4c(c3C3=c5ccccc5=NC3)CCC3(O)C(O4)OC(C(OC(=O)CC(=O)O)C(N)N)C(O)C3O)OC(Cc3ccccc3)C21. The quantitative estimate of drug-likeness (QED) is 0.0739. The minimum Gasteiger partial charge on any atom is -0.493 e. The van der Waals surface area contributed by atoms with E-state index in [4.69, 9.17) is 54.7 Å². The molecule has 9 rings (SSSR count). The Morgan fingerprint density at radius 2 is 1.73 bits per heavy atom. The molecule has 0 radical (unpaired) electrons. The number of carboxylic acid groups (broad SMARTS) is 1. The van der Waals surface area contributed by atoms with Crippen molar-refractivity contribution < 1.29 is 63.2 Å². The Morgan fingerprint density at radius 3 is 2.47 bits per heavy atom. The lowest BCUT2D eigenvalue weighted by Gasteiger charge is -2.48. The molecule has 16 nitrogen and oxygen atoms in total. The molecule has 5 heterocycles. The molecular weight excluding hydrogens is 778 g/mol. The van der Waals surface area contributed by atoms with E-state index in [-0.39, 0.29) is 24.5 Å². The molecule has 8 N–H and O–H groups in total. The number of aliphatic carboxylic acids is 1. The molecule has 0 bridgehead atoms. The number of aliphatic hydroxyl groups is 3. The van der Waals surface area contributed by atoms with Gasteiger partial charge in [0.15, 0.2) is 23.2 Å². The lowest BCUT2D eigenvalue weighted by atomic mass is 9.76. The first-order valence-electron chi connectivity index (χ1n) is 19.7. The van der Waals surface area contributed by atoms with Crippen LogP contribution in [0.3, 0.4) is 0 Å². The molecular formula is C44H45N3O13. The maximum Gasteiger partial charge on any atom is 0.317 e. The number of hydrogen-bond acceptors (Lipinski definition) is 15. The van der Waals surface area contributed by atoms with E-state index < -0.39 is 73.0 Å². The van der Waals surface area contributed by atoms with Gasteiger partial charge < -0.3 is 65.1 Å². The number of carbonyl (C=O) groups excluding carboxylic acids is 1. The van der Waals surface area contributed by atoms with Gasteiger partial charge in [0.2, 0.25) is 12.0 Å². The Bertz CT molecular complexity index is 2480. The number of ether oxygens (including phenoxy) is 7. The van der Waals surface area contributed by atoms with Crippen molar-refractivity contribution >= 4 is 17.5 Å². The third kappa shape index (κ3) is 6.50. The van der Waals surface area contributed by atoms with Crippen LogP contribution in [0.2, 0.25) is 0 Å². The first-order chi connectivity index (χ1) is 28.9. The fourth-order valence-corrected chi connectivity index (χ4v) is 9.39. The van der Waals surface area contributed by atoms with Crippen molar-refractivity contribution in [2.75, 3.05) is 20.8 Å². The number of methoxy groups -OCH3 is 2. The number of benzene rings is 4. The summed E-state index contributed by atoms with van der Waals surface area (Å²) in [4.78, 5) is 28.6. The highest BCUT2D eigenvalue weighted by molar-refractivity contribution is 5.90. The fourth-order valence-electron chi connectivity index (χ4n) is 9.39. The number of aliphatic hydroxyl groups excluding tert-OH is 2. The summed E-state index contributed by atoms with van der Waals surface area (Å²) >= 11 is 0.